The summed E-state index contributed by atoms with van der Waals surface area (Å²) in [7, 11) is 2.94. The van der Waals surface area contributed by atoms with Gasteiger partial charge in [-0.05, 0) is 56.4 Å². The highest BCUT2D eigenvalue weighted by atomic mass is 16.5. The van der Waals surface area contributed by atoms with Crippen molar-refractivity contribution in [1.29, 1.82) is 0 Å². The first-order valence-electron chi connectivity index (χ1n) is 13.2. The molecule has 0 radical (unpaired) electrons. The summed E-state index contributed by atoms with van der Waals surface area (Å²) in [5, 5.41) is 3.07. The molecule has 4 rings (SSSR count). The van der Waals surface area contributed by atoms with Crippen molar-refractivity contribution in [1.82, 2.24) is 19.4 Å². The van der Waals surface area contributed by atoms with E-state index < -0.39 is 11.2 Å². The van der Waals surface area contributed by atoms with Crippen LogP contribution in [0, 0.1) is 5.92 Å². The van der Waals surface area contributed by atoms with Crippen molar-refractivity contribution >= 4 is 22.7 Å². The molecular formula is C29H36N4O6. The van der Waals surface area contributed by atoms with Crippen molar-refractivity contribution in [2.24, 2.45) is 5.92 Å². The molecule has 0 unspecified atom stereocenters. The molecule has 2 aromatic carbocycles. The lowest BCUT2D eigenvalue weighted by molar-refractivity contribution is -0.133. The van der Waals surface area contributed by atoms with Gasteiger partial charge in [-0.1, -0.05) is 19.1 Å². The molecule has 1 aliphatic heterocycles. The lowest BCUT2D eigenvalue weighted by atomic mass is 9.99. The minimum absolute atomic E-state index is 0.00140. The van der Waals surface area contributed by atoms with Crippen LogP contribution in [0.4, 0.5) is 0 Å². The molecule has 1 aliphatic rings. The van der Waals surface area contributed by atoms with Crippen molar-refractivity contribution in [3.8, 4) is 11.5 Å². The molecule has 2 amide bonds. The van der Waals surface area contributed by atoms with E-state index in [9.17, 15) is 19.2 Å². The number of aromatic nitrogens is 2. The van der Waals surface area contributed by atoms with E-state index in [-0.39, 0.29) is 36.3 Å². The highest BCUT2D eigenvalue weighted by Crippen LogP contribution is 2.30. The molecule has 0 aliphatic carbocycles. The fourth-order valence-electron chi connectivity index (χ4n) is 4.82. The van der Waals surface area contributed by atoms with Gasteiger partial charge in [0.25, 0.3) is 11.5 Å². The van der Waals surface area contributed by atoms with Crippen molar-refractivity contribution in [2.75, 3.05) is 27.3 Å². The molecule has 0 atom stereocenters. The van der Waals surface area contributed by atoms with Crippen LogP contribution >= 0.6 is 0 Å². The Hall–Kier alpha value is -4.08. The SMILES string of the molecule is COc1cc2c(=O)n(Cc3ccc(C(=O)NC(C)C)cc3)c(=O)n(CC(=O)N3CCC(C)CC3)c2cc1OC. The largest absolute Gasteiger partial charge is 0.493 e. The topological polar surface area (TPSA) is 112 Å². The molecule has 208 valence electrons. The van der Waals surface area contributed by atoms with Crippen LogP contribution in [0.1, 0.15) is 49.5 Å². The zero-order chi connectivity index (χ0) is 28.3. The molecule has 3 aromatic rings. The Morgan fingerprint density at radius 1 is 0.974 bits per heavy atom. The van der Waals surface area contributed by atoms with Gasteiger partial charge in [-0.2, -0.15) is 0 Å². The van der Waals surface area contributed by atoms with Gasteiger partial charge in [0.05, 0.1) is 31.7 Å². The normalized spacial score (nSPS) is 14.1. The predicted octanol–water partition coefficient (Wildman–Crippen LogP) is 2.63. The summed E-state index contributed by atoms with van der Waals surface area (Å²) in [4.78, 5) is 54.7. The number of fused-ring (bicyclic) bond motifs is 1. The highest BCUT2D eigenvalue weighted by Gasteiger charge is 2.24. The molecule has 1 fully saturated rings. The number of hydrogen-bond donors (Lipinski definition) is 1. The van der Waals surface area contributed by atoms with E-state index in [2.05, 4.69) is 12.2 Å². The summed E-state index contributed by atoms with van der Waals surface area (Å²) >= 11 is 0. The lowest BCUT2D eigenvalue weighted by Gasteiger charge is -2.30. The maximum Gasteiger partial charge on any atom is 0.332 e. The first-order chi connectivity index (χ1) is 18.6. The monoisotopic (exact) mass is 536 g/mol. The number of rotatable bonds is 8. The van der Waals surface area contributed by atoms with Gasteiger partial charge in [-0.15, -0.1) is 0 Å². The highest BCUT2D eigenvalue weighted by molar-refractivity contribution is 5.94. The van der Waals surface area contributed by atoms with Crippen molar-refractivity contribution in [2.45, 2.75) is 52.7 Å². The second kappa shape index (κ2) is 11.8. The van der Waals surface area contributed by atoms with E-state index in [1.54, 1.807) is 35.2 Å². The van der Waals surface area contributed by atoms with Gasteiger partial charge in [0, 0.05) is 30.8 Å². The third-order valence-electron chi connectivity index (χ3n) is 7.14. The number of nitrogens with zero attached hydrogens (tertiary/aromatic N) is 3. The van der Waals surface area contributed by atoms with Crippen LogP contribution in [0.25, 0.3) is 10.9 Å². The Morgan fingerprint density at radius 2 is 1.59 bits per heavy atom. The van der Waals surface area contributed by atoms with Crippen LogP contribution in [0.5, 0.6) is 11.5 Å². The van der Waals surface area contributed by atoms with E-state index in [0.717, 1.165) is 17.4 Å². The molecule has 0 bridgehead atoms. The smallest absolute Gasteiger partial charge is 0.332 e. The van der Waals surface area contributed by atoms with Gasteiger partial charge < -0.3 is 19.7 Å². The second-order valence-corrected chi connectivity index (χ2v) is 10.4. The number of ether oxygens (including phenoxy) is 2. The summed E-state index contributed by atoms with van der Waals surface area (Å²) in [5.74, 6) is 0.874. The minimum Gasteiger partial charge on any atom is -0.493 e. The first kappa shape index (κ1) is 27.9. The van der Waals surface area contributed by atoms with Crippen molar-refractivity contribution in [3.63, 3.8) is 0 Å². The molecule has 1 aromatic heterocycles. The van der Waals surface area contributed by atoms with Gasteiger partial charge in [0.2, 0.25) is 5.91 Å². The number of carbonyl (C=O) groups is 2. The van der Waals surface area contributed by atoms with Gasteiger partial charge >= 0.3 is 5.69 Å². The zero-order valence-corrected chi connectivity index (χ0v) is 23.2. The minimum atomic E-state index is -0.597. The van der Waals surface area contributed by atoms with Crippen LogP contribution in [0.3, 0.4) is 0 Å². The van der Waals surface area contributed by atoms with Gasteiger partial charge in [-0.3, -0.25) is 23.5 Å². The molecule has 0 saturated carbocycles. The summed E-state index contributed by atoms with van der Waals surface area (Å²) in [6.07, 6.45) is 1.83. The third kappa shape index (κ3) is 6.00. The van der Waals surface area contributed by atoms with E-state index in [0.29, 0.717) is 47.2 Å². The van der Waals surface area contributed by atoms with Crippen LogP contribution in [-0.2, 0) is 17.9 Å². The maximum absolute atomic E-state index is 13.7. The fraction of sp³-hybridized carbons (Fsp3) is 0.448. The molecule has 1 saturated heterocycles. The number of piperidine rings is 1. The van der Waals surface area contributed by atoms with E-state index in [1.807, 2.05) is 13.8 Å². The number of methoxy groups -OCH3 is 2. The van der Waals surface area contributed by atoms with E-state index in [4.69, 9.17) is 9.47 Å². The molecule has 0 spiro atoms. The van der Waals surface area contributed by atoms with Gasteiger partial charge in [0.15, 0.2) is 11.5 Å². The van der Waals surface area contributed by atoms with Crippen LogP contribution in [0.15, 0.2) is 46.0 Å². The number of nitrogens with one attached hydrogen (secondary N) is 1. The molecule has 1 N–H and O–H groups in total. The number of benzene rings is 2. The average Bonchev–Trinajstić information content (AvgIpc) is 2.92. The predicted molar refractivity (Wildman–Crippen MR) is 149 cm³/mol. The van der Waals surface area contributed by atoms with Crippen molar-refractivity contribution < 1.29 is 19.1 Å². The Kier molecular flexibility index (Phi) is 8.42. The Bertz CT molecular complexity index is 1480. The Morgan fingerprint density at radius 3 is 2.18 bits per heavy atom. The molecule has 39 heavy (non-hydrogen) atoms. The van der Waals surface area contributed by atoms with E-state index in [1.165, 1.54) is 24.9 Å². The molecular weight excluding hydrogens is 500 g/mol. The summed E-state index contributed by atoms with van der Waals surface area (Å²) in [6, 6.07) is 9.84. The first-order valence-corrected chi connectivity index (χ1v) is 13.2. The van der Waals surface area contributed by atoms with Crippen LogP contribution in [0.2, 0.25) is 0 Å². The number of amides is 2. The second-order valence-electron chi connectivity index (χ2n) is 10.4. The lowest BCUT2D eigenvalue weighted by Crippen LogP contribution is -2.45. The average molecular weight is 537 g/mol. The summed E-state index contributed by atoms with van der Waals surface area (Å²) < 4.78 is 13.3. The Labute approximate surface area is 227 Å². The molecule has 10 nitrogen and oxygen atoms in total. The maximum atomic E-state index is 13.7. The zero-order valence-electron chi connectivity index (χ0n) is 23.2. The third-order valence-corrected chi connectivity index (χ3v) is 7.14. The van der Waals surface area contributed by atoms with Crippen LogP contribution in [-0.4, -0.2) is 59.2 Å². The quantitative estimate of drug-likeness (QED) is 0.474. The fourth-order valence-corrected chi connectivity index (χ4v) is 4.82. The van der Waals surface area contributed by atoms with E-state index >= 15 is 0 Å². The van der Waals surface area contributed by atoms with Gasteiger partial charge in [0.1, 0.15) is 6.54 Å². The standard InChI is InChI=1S/C29H36N4O6/c1-18(2)30-27(35)21-8-6-20(7-9-21)16-33-28(36)22-14-24(38-4)25(39-5)15-23(22)32(29(33)37)17-26(34)31-12-10-19(3)11-13-31/h6-9,14-15,18-19H,10-13,16-17H2,1-5H3,(H,30,35). The van der Waals surface area contributed by atoms with Crippen LogP contribution < -0.4 is 26.0 Å². The number of carbonyl (C=O) groups excluding carboxylic acids is 2. The number of likely N-dealkylation sites (tertiary alicyclic amines) is 1. The van der Waals surface area contributed by atoms with Gasteiger partial charge in [-0.25, -0.2) is 4.79 Å². The number of hydrogen-bond acceptors (Lipinski definition) is 6. The summed E-state index contributed by atoms with van der Waals surface area (Å²) in [6.45, 7) is 6.98. The summed E-state index contributed by atoms with van der Waals surface area (Å²) in [5.41, 5.74) is 0.346. The van der Waals surface area contributed by atoms with Crippen molar-refractivity contribution in [3.05, 3.63) is 68.4 Å². The Balaban J connectivity index is 1.77. The molecule has 10 heteroatoms. The molecule has 2 heterocycles.